The highest BCUT2D eigenvalue weighted by Gasteiger charge is 2.38. The van der Waals surface area contributed by atoms with Gasteiger partial charge in [-0.15, -0.1) is 0 Å². The average molecular weight is 426 g/mol. The SMILES string of the molecule is CN(Cc1ccccc1)C(=O)c1cc(S(=O)(=O)[C@@H]2CCS(=O)(=O)C2)ccc1F. The molecule has 3 rings (SSSR count). The summed E-state index contributed by atoms with van der Waals surface area (Å²) in [6, 6.07) is 12.1. The molecule has 1 aliphatic heterocycles. The Morgan fingerprint density at radius 3 is 2.46 bits per heavy atom. The summed E-state index contributed by atoms with van der Waals surface area (Å²) in [4.78, 5) is 13.7. The van der Waals surface area contributed by atoms with Gasteiger partial charge >= 0.3 is 0 Å². The molecule has 150 valence electrons. The Labute approximate surface area is 163 Å². The van der Waals surface area contributed by atoms with E-state index >= 15 is 0 Å². The van der Waals surface area contributed by atoms with E-state index in [4.69, 9.17) is 0 Å². The van der Waals surface area contributed by atoms with Crippen molar-refractivity contribution >= 4 is 25.6 Å². The van der Waals surface area contributed by atoms with Crippen molar-refractivity contribution in [3.8, 4) is 0 Å². The molecule has 1 aliphatic rings. The second-order valence-corrected chi connectivity index (χ2v) is 11.3. The maximum Gasteiger partial charge on any atom is 0.256 e. The molecule has 0 saturated carbocycles. The Bertz CT molecular complexity index is 1100. The van der Waals surface area contributed by atoms with Crippen molar-refractivity contribution in [2.45, 2.75) is 23.1 Å². The predicted molar refractivity (Wildman–Crippen MR) is 103 cm³/mol. The van der Waals surface area contributed by atoms with Gasteiger partial charge in [-0.3, -0.25) is 4.79 Å². The van der Waals surface area contributed by atoms with Crippen LogP contribution in [-0.2, 0) is 26.2 Å². The lowest BCUT2D eigenvalue weighted by Gasteiger charge is -2.18. The first-order valence-corrected chi connectivity index (χ1v) is 12.0. The number of hydrogen-bond acceptors (Lipinski definition) is 5. The molecule has 0 aromatic heterocycles. The van der Waals surface area contributed by atoms with Gasteiger partial charge in [0.15, 0.2) is 19.7 Å². The third kappa shape index (κ3) is 4.25. The second-order valence-electron chi connectivity index (χ2n) is 6.86. The molecule has 1 atom stereocenters. The van der Waals surface area contributed by atoms with Gasteiger partial charge in [-0.1, -0.05) is 30.3 Å². The summed E-state index contributed by atoms with van der Waals surface area (Å²) in [6.07, 6.45) is -0.000761. The molecule has 0 spiro atoms. The average Bonchev–Trinajstić information content (AvgIpc) is 3.03. The molecular weight excluding hydrogens is 405 g/mol. The van der Waals surface area contributed by atoms with E-state index in [1.807, 2.05) is 30.3 Å². The zero-order chi connectivity index (χ0) is 20.5. The van der Waals surface area contributed by atoms with E-state index in [1.54, 1.807) is 0 Å². The van der Waals surface area contributed by atoms with Gasteiger partial charge in [-0.25, -0.2) is 21.2 Å². The van der Waals surface area contributed by atoms with Gasteiger partial charge in [0.05, 0.1) is 27.2 Å². The number of sulfone groups is 2. The fourth-order valence-corrected chi connectivity index (χ4v) is 7.56. The minimum Gasteiger partial charge on any atom is -0.337 e. The zero-order valence-electron chi connectivity index (χ0n) is 15.2. The van der Waals surface area contributed by atoms with Crippen LogP contribution in [0.3, 0.4) is 0 Å². The van der Waals surface area contributed by atoms with E-state index in [0.29, 0.717) is 0 Å². The van der Waals surface area contributed by atoms with Gasteiger partial charge in [0.2, 0.25) is 0 Å². The van der Waals surface area contributed by atoms with Gasteiger partial charge in [-0.2, -0.15) is 0 Å². The van der Waals surface area contributed by atoms with Gasteiger partial charge in [0, 0.05) is 13.6 Å². The summed E-state index contributed by atoms with van der Waals surface area (Å²) in [5, 5.41) is -1.08. The normalized spacial score (nSPS) is 18.7. The molecule has 2 aromatic carbocycles. The van der Waals surface area contributed by atoms with E-state index in [9.17, 15) is 26.0 Å². The predicted octanol–water partition coefficient (Wildman–Crippen LogP) is 2.06. The Hall–Kier alpha value is -2.26. The molecule has 0 radical (unpaired) electrons. The fraction of sp³-hybridized carbons (Fsp3) is 0.316. The number of rotatable bonds is 5. The minimum absolute atomic E-state index is 0.000761. The van der Waals surface area contributed by atoms with Gasteiger partial charge in [-0.05, 0) is 30.2 Å². The van der Waals surface area contributed by atoms with Crippen molar-refractivity contribution in [2.24, 2.45) is 0 Å². The molecule has 1 heterocycles. The quantitative estimate of drug-likeness (QED) is 0.684. The van der Waals surface area contributed by atoms with Crippen molar-refractivity contribution in [3.05, 3.63) is 65.5 Å². The third-order valence-electron chi connectivity index (χ3n) is 4.74. The van der Waals surface area contributed by atoms with Crippen LogP contribution in [0.1, 0.15) is 22.3 Å². The van der Waals surface area contributed by atoms with E-state index in [2.05, 4.69) is 0 Å². The lowest BCUT2D eigenvalue weighted by atomic mass is 10.1. The first kappa shape index (κ1) is 20.5. The number of nitrogens with zero attached hydrogens (tertiary/aromatic N) is 1. The summed E-state index contributed by atoms with van der Waals surface area (Å²) in [5.74, 6) is -2.13. The number of amides is 1. The van der Waals surface area contributed by atoms with E-state index in [1.165, 1.54) is 11.9 Å². The Morgan fingerprint density at radius 1 is 1.18 bits per heavy atom. The van der Waals surface area contributed by atoms with Crippen LogP contribution in [-0.4, -0.2) is 51.4 Å². The molecule has 0 aliphatic carbocycles. The van der Waals surface area contributed by atoms with Crippen LogP contribution in [0.25, 0.3) is 0 Å². The van der Waals surface area contributed by atoms with Crippen LogP contribution in [0.5, 0.6) is 0 Å². The third-order valence-corrected chi connectivity index (χ3v) is 8.91. The second kappa shape index (κ2) is 7.63. The van der Waals surface area contributed by atoms with E-state index in [-0.39, 0.29) is 29.2 Å². The van der Waals surface area contributed by atoms with Gasteiger partial charge in [0.1, 0.15) is 5.82 Å². The van der Waals surface area contributed by atoms with Crippen LogP contribution in [0.4, 0.5) is 4.39 Å². The van der Waals surface area contributed by atoms with Crippen molar-refractivity contribution in [2.75, 3.05) is 18.6 Å². The highest BCUT2D eigenvalue weighted by molar-refractivity contribution is 7.96. The number of benzene rings is 2. The Kier molecular flexibility index (Phi) is 5.58. The molecule has 1 saturated heterocycles. The summed E-state index contributed by atoms with van der Waals surface area (Å²) in [7, 11) is -5.88. The summed E-state index contributed by atoms with van der Waals surface area (Å²) in [5.41, 5.74) is 0.485. The summed E-state index contributed by atoms with van der Waals surface area (Å²) < 4.78 is 63.0. The first-order chi connectivity index (χ1) is 13.1. The van der Waals surface area contributed by atoms with Gasteiger partial charge in [0.25, 0.3) is 5.91 Å². The van der Waals surface area contributed by atoms with Crippen molar-refractivity contribution in [3.63, 3.8) is 0 Å². The highest BCUT2D eigenvalue weighted by Crippen LogP contribution is 2.27. The largest absolute Gasteiger partial charge is 0.337 e. The van der Waals surface area contributed by atoms with Gasteiger partial charge < -0.3 is 4.90 Å². The molecule has 1 amide bonds. The Morgan fingerprint density at radius 2 is 1.86 bits per heavy atom. The number of hydrogen-bond donors (Lipinski definition) is 0. The molecule has 0 N–H and O–H groups in total. The number of carbonyl (C=O) groups excluding carboxylic acids is 1. The number of carbonyl (C=O) groups is 1. The Balaban J connectivity index is 1.88. The number of halogens is 1. The lowest BCUT2D eigenvalue weighted by Crippen LogP contribution is -2.28. The van der Waals surface area contributed by atoms with Crippen LogP contribution in [0.15, 0.2) is 53.4 Å². The van der Waals surface area contributed by atoms with E-state index in [0.717, 1.165) is 23.8 Å². The van der Waals surface area contributed by atoms with Crippen molar-refractivity contribution in [1.29, 1.82) is 0 Å². The van der Waals surface area contributed by atoms with Crippen LogP contribution >= 0.6 is 0 Å². The molecule has 9 heteroatoms. The molecule has 0 bridgehead atoms. The van der Waals surface area contributed by atoms with Crippen LogP contribution in [0.2, 0.25) is 0 Å². The van der Waals surface area contributed by atoms with Crippen LogP contribution in [0, 0.1) is 5.82 Å². The first-order valence-electron chi connectivity index (χ1n) is 8.63. The molecule has 0 unspecified atom stereocenters. The highest BCUT2D eigenvalue weighted by atomic mass is 32.2. The minimum atomic E-state index is -3.98. The summed E-state index contributed by atoms with van der Waals surface area (Å²) in [6.45, 7) is 0.233. The topological polar surface area (TPSA) is 88.6 Å². The molecule has 1 fully saturated rings. The maximum absolute atomic E-state index is 14.3. The maximum atomic E-state index is 14.3. The monoisotopic (exact) mass is 425 g/mol. The molecule has 2 aromatic rings. The smallest absolute Gasteiger partial charge is 0.256 e. The zero-order valence-corrected chi connectivity index (χ0v) is 16.8. The molecule has 6 nitrogen and oxygen atoms in total. The summed E-state index contributed by atoms with van der Waals surface area (Å²) >= 11 is 0. The van der Waals surface area contributed by atoms with E-state index < -0.39 is 42.4 Å². The molecule has 28 heavy (non-hydrogen) atoms. The lowest BCUT2D eigenvalue weighted by molar-refractivity contribution is 0.0780. The van der Waals surface area contributed by atoms with Crippen LogP contribution < -0.4 is 0 Å². The fourth-order valence-electron chi connectivity index (χ4n) is 3.18. The van der Waals surface area contributed by atoms with Crippen molar-refractivity contribution < 1.29 is 26.0 Å². The van der Waals surface area contributed by atoms with Crippen molar-refractivity contribution in [1.82, 2.24) is 4.90 Å². The molecular formula is C19H20FNO5S2. The standard InChI is InChI=1S/C19H20FNO5S2/c1-21(12-14-5-3-2-4-6-14)19(22)17-11-15(7-8-18(17)20)28(25,26)16-9-10-27(23,24)13-16/h2-8,11,16H,9-10,12-13H2,1H3/t16-/m1/s1.